The van der Waals surface area contributed by atoms with E-state index < -0.39 is 11.6 Å². The summed E-state index contributed by atoms with van der Waals surface area (Å²) in [7, 11) is 0. The summed E-state index contributed by atoms with van der Waals surface area (Å²) in [5.74, 6) is -0.135. The zero-order chi connectivity index (χ0) is 14.8. The van der Waals surface area contributed by atoms with Crippen LogP contribution >= 0.6 is 22.6 Å². The van der Waals surface area contributed by atoms with E-state index in [1.54, 1.807) is 18.2 Å². The van der Waals surface area contributed by atoms with Crippen LogP contribution in [0.15, 0.2) is 18.2 Å². The molecule has 1 aromatic carbocycles. The number of ether oxygens (including phenoxy) is 1. The molecule has 20 heavy (non-hydrogen) atoms. The Labute approximate surface area is 133 Å². The smallest absolute Gasteiger partial charge is 0.342 e. The minimum atomic E-state index is -0.519. The Hall–Kier alpha value is -0.820. The molecule has 1 aliphatic heterocycles. The van der Waals surface area contributed by atoms with E-state index in [1.165, 1.54) is 0 Å². The number of carbonyl (C=O) groups is 1. The molecule has 1 aliphatic rings. The zero-order valence-electron chi connectivity index (χ0n) is 11.8. The van der Waals surface area contributed by atoms with Crippen LogP contribution in [-0.2, 0) is 4.74 Å². The lowest BCUT2D eigenvalue weighted by atomic mass is 9.83. The third-order valence-corrected chi connectivity index (χ3v) is 4.53. The molecule has 110 valence electrons. The van der Waals surface area contributed by atoms with Gasteiger partial charge in [-0.2, -0.15) is 0 Å². The second-order valence-corrected chi connectivity index (χ2v) is 6.92. The van der Waals surface area contributed by atoms with Gasteiger partial charge in [0.25, 0.3) is 0 Å². The van der Waals surface area contributed by atoms with Crippen molar-refractivity contribution in [2.45, 2.75) is 32.3 Å². The maximum absolute atomic E-state index is 12.2. The van der Waals surface area contributed by atoms with Crippen LogP contribution in [0.2, 0.25) is 0 Å². The van der Waals surface area contributed by atoms with Crippen LogP contribution in [0.3, 0.4) is 0 Å². The molecule has 0 spiro atoms. The van der Waals surface area contributed by atoms with Crippen molar-refractivity contribution in [3.05, 3.63) is 27.3 Å². The lowest BCUT2D eigenvalue weighted by molar-refractivity contribution is -0.0369. The van der Waals surface area contributed by atoms with Crippen LogP contribution in [0, 0.1) is 9.49 Å². The van der Waals surface area contributed by atoms with Crippen molar-refractivity contribution < 1.29 is 14.6 Å². The highest BCUT2D eigenvalue weighted by molar-refractivity contribution is 14.1. The Bertz CT molecular complexity index is 496. The van der Waals surface area contributed by atoms with E-state index in [-0.39, 0.29) is 11.3 Å². The molecule has 1 heterocycles. The van der Waals surface area contributed by atoms with Crippen molar-refractivity contribution in [2.24, 2.45) is 5.92 Å². The fourth-order valence-corrected chi connectivity index (χ4v) is 3.05. The monoisotopic (exact) mass is 389 g/mol. The standard InChI is InChI=1S/C15H20INO3/c1-15(2,10-5-7-17-8-6-10)20-14(19)12-4-3-11(16)9-13(12)18/h3-4,9-10,17-18H,5-8H2,1-2H3. The molecule has 2 rings (SSSR count). The number of hydrogen-bond acceptors (Lipinski definition) is 4. The molecule has 0 saturated carbocycles. The molecule has 4 nitrogen and oxygen atoms in total. The topological polar surface area (TPSA) is 58.6 Å². The number of aromatic hydroxyl groups is 1. The number of esters is 1. The fourth-order valence-electron chi connectivity index (χ4n) is 2.57. The molecule has 2 N–H and O–H groups in total. The lowest BCUT2D eigenvalue weighted by Gasteiger charge is -2.36. The van der Waals surface area contributed by atoms with Gasteiger partial charge >= 0.3 is 5.97 Å². The number of hydrogen-bond donors (Lipinski definition) is 2. The average molecular weight is 389 g/mol. The van der Waals surface area contributed by atoms with Crippen molar-refractivity contribution in [1.82, 2.24) is 5.32 Å². The third-order valence-electron chi connectivity index (χ3n) is 3.86. The number of rotatable bonds is 3. The highest BCUT2D eigenvalue weighted by atomic mass is 127. The Morgan fingerprint density at radius 1 is 1.40 bits per heavy atom. The Morgan fingerprint density at radius 3 is 2.65 bits per heavy atom. The van der Waals surface area contributed by atoms with Crippen LogP contribution < -0.4 is 5.32 Å². The zero-order valence-corrected chi connectivity index (χ0v) is 13.9. The van der Waals surface area contributed by atoms with E-state index in [0.717, 1.165) is 29.5 Å². The molecule has 0 aromatic heterocycles. The van der Waals surface area contributed by atoms with Crippen LogP contribution in [-0.4, -0.2) is 29.8 Å². The Balaban J connectivity index is 2.09. The molecule has 1 fully saturated rings. The first kappa shape index (κ1) is 15.6. The maximum Gasteiger partial charge on any atom is 0.342 e. The van der Waals surface area contributed by atoms with Gasteiger partial charge in [0, 0.05) is 9.49 Å². The van der Waals surface area contributed by atoms with E-state index >= 15 is 0 Å². The summed E-state index contributed by atoms with van der Waals surface area (Å²) in [5, 5.41) is 13.2. The molecule has 0 radical (unpaired) electrons. The van der Waals surface area contributed by atoms with Crippen LogP contribution in [0.5, 0.6) is 5.75 Å². The minimum absolute atomic E-state index is 0.0250. The van der Waals surface area contributed by atoms with Gasteiger partial charge in [0.1, 0.15) is 16.9 Å². The van der Waals surface area contributed by atoms with Gasteiger partial charge in [0.2, 0.25) is 0 Å². The van der Waals surface area contributed by atoms with Crippen molar-refractivity contribution in [2.75, 3.05) is 13.1 Å². The summed E-state index contributed by atoms with van der Waals surface area (Å²) >= 11 is 2.09. The molecule has 0 aliphatic carbocycles. The van der Waals surface area contributed by atoms with Gasteiger partial charge in [-0.15, -0.1) is 0 Å². The van der Waals surface area contributed by atoms with Gasteiger partial charge in [0.05, 0.1) is 0 Å². The molecule has 0 atom stereocenters. The number of halogens is 1. The molecular weight excluding hydrogens is 369 g/mol. The van der Waals surface area contributed by atoms with E-state index in [0.29, 0.717) is 5.92 Å². The summed E-state index contributed by atoms with van der Waals surface area (Å²) in [6.45, 7) is 5.82. The normalized spacial score (nSPS) is 16.9. The number of piperidine rings is 1. The first-order valence-corrected chi connectivity index (χ1v) is 7.90. The second kappa shape index (κ2) is 6.30. The number of carbonyl (C=O) groups excluding carboxylic acids is 1. The van der Waals surface area contributed by atoms with Crippen LogP contribution in [0.1, 0.15) is 37.0 Å². The highest BCUT2D eigenvalue weighted by Crippen LogP contribution is 2.31. The number of benzene rings is 1. The van der Waals surface area contributed by atoms with Gasteiger partial charge in [-0.3, -0.25) is 0 Å². The largest absolute Gasteiger partial charge is 0.507 e. The van der Waals surface area contributed by atoms with Crippen molar-refractivity contribution in [3.63, 3.8) is 0 Å². The molecule has 5 heteroatoms. The third kappa shape index (κ3) is 3.63. The molecule has 0 amide bonds. The minimum Gasteiger partial charge on any atom is -0.507 e. The number of phenolic OH excluding ortho intramolecular Hbond substituents is 1. The number of phenols is 1. The van der Waals surface area contributed by atoms with Crippen molar-refractivity contribution in [3.8, 4) is 5.75 Å². The first-order valence-electron chi connectivity index (χ1n) is 6.83. The average Bonchev–Trinajstić information content (AvgIpc) is 2.39. The molecular formula is C15H20INO3. The number of nitrogens with one attached hydrogen (secondary N) is 1. The van der Waals surface area contributed by atoms with Crippen LogP contribution in [0.25, 0.3) is 0 Å². The fraction of sp³-hybridized carbons (Fsp3) is 0.533. The Kier molecular flexibility index (Phi) is 4.90. The highest BCUT2D eigenvalue weighted by Gasteiger charge is 2.34. The summed E-state index contributed by atoms with van der Waals surface area (Å²) in [6.07, 6.45) is 2.00. The van der Waals surface area contributed by atoms with Gasteiger partial charge < -0.3 is 15.2 Å². The van der Waals surface area contributed by atoms with Gasteiger partial charge in [-0.1, -0.05) is 0 Å². The molecule has 1 saturated heterocycles. The lowest BCUT2D eigenvalue weighted by Crippen LogP contribution is -2.42. The maximum atomic E-state index is 12.2. The van der Waals surface area contributed by atoms with Gasteiger partial charge in [0.15, 0.2) is 0 Å². The summed E-state index contributed by atoms with van der Waals surface area (Å²) in [4.78, 5) is 12.2. The van der Waals surface area contributed by atoms with E-state index in [9.17, 15) is 9.90 Å². The van der Waals surface area contributed by atoms with Gasteiger partial charge in [-0.05, 0) is 80.6 Å². The predicted octanol–water partition coefficient (Wildman–Crippen LogP) is 2.93. The summed E-state index contributed by atoms with van der Waals surface area (Å²) in [6, 6.07) is 4.96. The van der Waals surface area contributed by atoms with E-state index in [2.05, 4.69) is 27.9 Å². The second-order valence-electron chi connectivity index (χ2n) is 5.68. The molecule has 0 unspecified atom stereocenters. The molecule has 1 aromatic rings. The van der Waals surface area contributed by atoms with Crippen molar-refractivity contribution >= 4 is 28.6 Å². The van der Waals surface area contributed by atoms with Crippen molar-refractivity contribution in [1.29, 1.82) is 0 Å². The quantitative estimate of drug-likeness (QED) is 0.617. The van der Waals surface area contributed by atoms with Crippen LogP contribution in [0.4, 0.5) is 0 Å². The van der Waals surface area contributed by atoms with Gasteiger partial charge in [-0.25, -0.2) is 4.79 Å². The summed E-state index contributed by atoms with van der Waals surface area (Å²) in [5.41, 5.74) is -0.290. The summed E-state index contributed by atoms with van der Waals surface area (Å²) < 4.78 is 6.54. The predicted molar refractivity (Wildman–Crippen MR) is 85.9 cm³/mol. The van der Waals surface area contributed by atoms with E-state index in [4.69, 9.17) is 4.74 Å². The SMILES string of the molecule is CC(C)(OC(=O)c1ccc(I)cc1O)C1CCNCC1. The Morgan fingerprint density at radius 2 is 2.05 bits per heavy atom. The first-order chi connectivity index (χ1) is 9.40. The van der Waals surface area contributed by atoms with E-state index in [1.807, 2.05) is 13.8 Å². The molecule has 0 bridgehead atoms.